The summed E-state index contributed by atoms with van der Waals surface area (Å²) in [6.07, 6.45) is 2.72. The SMILES string of the molecule is Cc1ccc(C2OC23CCCc2ccccc2C3=O)cc1. The molecule has 2 aromatic carbocycles. The quantitative estimate of drug-likeness (QED) is 0.737. The number of fused-ring (bicyclic) bond motifs is 1. The molecule has 0 radical (unpaired) electrons. The molecule has 2 atom stereocenters. The summed E-state index contributed by atoms with van der Waals surface area (Å²) in [4.78, 5) is 12.9. The molecule has 2 unspecified atom stereocenters. The van der Waals surface area contributed by atoms with Crippen molar-refractivity contribution in [2.24, 2.45) is 0 Å². The summed E-state index contributed by atoms with van der Waals surface area (Å²) in [7, 11) is 0. The zero-order valence-corrected chi connectivity index (χ0v) is 12.1. The third kappa shape index (κ3) is 1.94. The van der Waals surface area contributed by atoms with Gasteiger partial charge in [0.05, 0.1) is 0 Å². The van der Waals surface area contributed by atoms with E-state index in [1.807, 2.05) is 18.2 Å². The number of hydrogen-bond donors (Lipinski definition) is 0. The Balaban J connectivity index is 1.70. The summed E-state index contributed by atoms with van der Waals surface area (Å²) in [6.45, 7) is 2.07. The molecule has 1 spiro atoms. The molecule has 2 aliphatic rings. The van der Waals surface area contributed by atoms with Gasteiger partial charge in [-0.25, -0.2) is 0 Å². The highest BCUT2D eigenvalue weighted by molar-refractivity contribution is 6.06. The van der Waals surface area contributed by atoms with Crippen LogP contribution in [-0.4, -0.2) is 11.4 Å². The van der Waals surface area contributed by atoms with Crippen LogP contribution in [0.1, 0.15) is 46.0 Å². The van der Waals surface area contributed by atoms with E-state index < -0.39 is 5.60 Å². The summed E-state index contributed by atoms with van der Waals surface area (Å²) < 4.78 is 5.97. The lowest BCUT2D eigenvalue weighted by Gasteiger charge is -2.09. The van der Waals surface area contributed by atoms with E-state index in [1.54, 1.807) is 0 Å². The van der Waals surface area contributed by atoms with Gasteiger partial charge >= 0.3 is 0 Å². The maximum absolute atomic E-state index is 12.9. The molecule has 2 heteroatoms. The van der Waals surface area contributed by atoms with Crippen LogP contribution in [0.2, 0.25) is 0 Å². The molecule has 1 saturated heterocycles. The van der Waals surface area contributed by atoms with E-state index in [0.29, 0.717) is 0 Å². The number of carbonyl (C=O) groups is 1. The predicted molar refractivity (Wildman–Crippen MR) is 81.4 cm³/mol. The van der Waals surface area contributed by atoms with Crippen molar-refractivity contribution in [2.45, 2.75) is 37.9 Å². The zero-order valence-electron chi connectivity index (χ0n) is 12.1. The van der Waals surface area contributed by atoms with Crippen LogP contribution < -0.4 is 0 Å². The molecule has 0 bridgehead atoms. The third-order valence-corrected chi connectivity index (χ3v) is 4.72. The van der Waals surface area contributed by atoms with Crippen LogP contribution in [0.5, 0.6) is 0 Å². The molecule has 0 N–H and O–H groups in total. The van der Waals surface area contributed by atoms with E-state index in [2.05, 4.69) is 37.3 Å². The summed E-state index contributed by atoms with van der Waals surface area (Å²) in [6, 6.07) is 16.3. The highest BCUT2D eigenvalue weighted by atomic mass is 16.6. The molecule has 21 heavy (non-hydrogen) atoms. The fourth-order valence-corrected chi connectivity index (χ4v) is 3.46. The van der Waals surface area contributed by atoms with E-state index in [-0.39, 0.29) is 11.9 Å². The van der Waals surface area contributed by atoms with Gasteiger partial charge in [-0.3, -0.25) is 4.79 Å². The number of hydrogen-bond acceptors (Lipinski definition) is 2. The number of ketones is 1. The van der Waals surface area contributed by atoms with E-state index in [0.717, 1.165) is 36.0 Å². The van der Waals surface area contributed by atoms with Crippen molar-refractivity contribution in [1.82, 2.24) is 0 Å². The minimum absolute atomic E-state index is 0.0724. The summed E-state index contributed by atoms with van der Waals surface area (Å²) in [5, 5.41) is 0. The Labute approximate surface area is 124 Å². The first-order chi connectivity index (χ1) is 10.2. The Hall–Kier alpha value is -1.93. The first kappa shape index (κ1) is 12.8. The maximum atomic E-state index is 12.9. The number of benzene rings is 2. The fourth-order valence-electron chi connectivity index (χ4n) is 3.46. The second-order valence-electron chi connectivity index (χ2n) is 6.14. The molecule has 1 fully saturated rings. The topological polar surface area (TPSA) is 29.6 Å². The van der Waals surface area contributed by atoms with Crippen molar-refractivity contribution in [1.29, 1.82) is 0 Å². The van der Waals surface area contributed by atoms with Crippen molar-refractivity contribution in [3.63, 3.8) is 0 Å². The average Bonchev–Trinajstić information content (AvgIpc) is 3.25. The standard InChI is InChI=1S/C19H18O2/c1-13-8-10-15(11-9-13)18-19(21-18)12-4-6-14-5-2-3-7-16(14)17(19)20/h2-3,5,7-11,18H,4,6,12H2,1H3. The van der Waals surface area contributed by atoms with Crippen molar-refractivity contribution >= 4 is 5.78 Å². The Morgan fingerprint density at radius 2 is 1.86 bits per heavy atom. The number of aryl methyl sites for hydroxylation is 2. The smallest absolute Gasteiger partial charge is 0.197 e. The molecule has 106 valence electrons. The molecular weight excluding hydrogens is 260 g/mol. The van der Waals surface area contributed by atoms with Crippen LogP contribution in [0.25, 0.3) is 0 Å². The van der Waals surface area contributed by atoms with Crippen LogP contribution in [0.15, 0.2) is 48.5 Å². The van der Waals surface area contributed by atoms with Crippen molar-refractivity contribution in [3.8, 4) is 0 Å². The highest BCUT2D eigenvalue weighted by Gasteiger charge is 2.62. The minimum Gasteiger partial charge on any atom is -0.352 e. The van der Waals surface area contributed by atoms with E-state index >= 15 is 0 Å². The minimum atomic E-state index is -0.609. The van der Waals surface area contributed by atoms with Gasteiger partial charge in [-0.05, 0) is 37.3 Å². The molecule has 0 amide bonds. The molecule has 1 aliphatic heterocycles. The van der Waals surface area contributed by atoms with Gasteiger partial charge < -0.3 is 4.74 Å². The molecule has 0 saturated carbocycles. The average molecular weight is 278 g/mol. The van der Waals surface area contributed by atoms with Gasteiger partial charge in [0.25, 0.3) is 0 Å². The zero-order chi connectivity index (χ0) is 14.4. The van der Waals surface area contributed by atoms with E-state index in [4.69, 9.17) is 4.74 Å². The highest BCUT2D eigenvalue weighted by Crippen LogP contribution is 2.55. The maximum Gasteiger partial charge on any atom is 0.197 e. The lowest BCUT2D eigenvalue weighted by atomic mass is 9.89. The Morgan fingerprint density at radius 1 is 1.10 bits per heavy atom. The van der Waals surface area contributed by atoms with Crippen molar-refractivity contribution in [3.05, 3.63) is 70.8 Å². The summed E-state index contributed by atoms with van der Waals surface area (Å²) in [5.41, 5.74) is 3.75. The van der Waals surface area contributed by atoms with Gasteiger partial charge in [-0.15, -0.1) is 0 Å². The normalized spacial score (nSPS) is 27.3. The number of ether oxygens (including phenoxy) is 1. The van der Waals surface area contributed by atoms with Crippen LogP contribution in [-0.2, 0) is 11.2 Å². The van der Waals surface area contributed by atoms with Crippen LogP contribution in [0.4, 0.5) is 0 Å². The Morgan fingerprint density at radius 3 is 2.67 bits per heavy atom. The fraction of sp³-hybridized carbons (Fsp3) is 0.316. The van der Waals surface area contributed by atoms with E-state index in [9.17, 15) is 4.79 Å². The molecule has 2 aromatic rings. The predicted octanol–water partition coefficient (Wildman–Crippen LogP) is 4.02. The monoisotopic (exact) mass is 278 g/mol. The second-order valence-corrected chi connectivity index (χ2v) is 6.14. The Kier molecular flexibility index (Phi) is 2.76. The summed E-state index contributed by atoms with van der Waals surface area (Å²) in [5.74, 6) is 0.168. The molecule has 4 rings (SSSR count). The molecule has 2 nitrogen and oxygen atoms in total. The number of rotatable bonds is 1. The van der Waals surface area contributed by atoms with Gasteiger partial charge in [-0.2, -0.15) is 0 Å². The van der Waals surface area contributed by atoms with Gasteiger partial charge in [0, 0.05) is 5.56 Å². The van der Waals surface area contributed by atoms with E-state index in [1.165, 1.54) is 5.56 Å². The van der Waals surface area contributed by atoms with Crippen LogP contribution in [0.3, 0.4) is 0 Å². The lowest BCUT2D eigenvalue weighted by Crippen LogP contribution is -2.24. The number of epoxide rings is 1. The lowest BCUT2D eigenvalue weighted by molar-refractivity contribution is 0.0867. The molecular formula is C19H18O2. The second kappa shape index (κ2) is 4.54. The molecule has 1 heterocycles. The van der Waals surface area contributed by atoms with Gasteiger partial charge in [0.1, 0.15) is 6.10 Å². The molecule has 1 aliphatic carbocycles. The third-order valence-electron chi connectivity index (χ3n) is 4.72. The number of carbonyl (C=O) groups excluding carboxylic acids is 1. The van der Waals surface area contributed by atoms with Gasteiger partial charge in [0.15, 0.2) is 11.4 Å². The van der Waals surface area contributed by atoms with Crippen molar-refractivity contribution < 1.29 is 9.53 Å². The van der Waals surface area contributed by atoms with Crippen LogP contribution in [0, 0.1) is 6.92 Å². The van der Waals surface area contributed by atoms with Crippen molar-refractivity contribution in [2.75, 3.05) is 0 Å². The largest absolute Gasteiger partial charge is 0.352 e. The molecule has 0 aromatic heterocycles. The Bertz CT molecular complexity index is 702. The van der Waals surface area contributed by atoms with Crippen LogP contribution >= 0.6 is 0 Å². The summed E-state index contributed by atoms with van der Waals surface area (Å²) >= 11 is 0. The van der Waals surface area contributed by atoms with Gasteiger partial charge in [0.2, 0.25) is 0 Å². The first-order valence-corrected chi connectivity index (χ1v) is 7.58. The first-order valence-electron chi connectivity index (χ1n) is 7.58. The van der Waals surface area contributed by atoms with Gasteiger partial charge in [-0.1, -0.05) is 54.1 Å². The number of Topliss-reactive ketones (excluding diaryl/α,β-unsaturated/α-hetero) is 1.